The predicted octanol–water partition coefficient (Wildman–Crippen LogP) is 4.29. The zero-order valence-corrected chi connectivity index (χ0v) is 32.0. The van der Waals surface area contributed by atoms with Crippen LogP contribution in [0.5, 0.6) is 0 Å². The number of hydrogen-bond donors (Lipinski definition) is 3. The van der Waals surface area contributed by atoms with Crippen LogP contribution in [0, 0.1) is 17.8 Å². The molecule has 2 aliphatic rings. The Morgan fingerprint density at radius 3 is 1.91 bits per heavy atom. The van der Waals surface area contributed by atoms with E-state index < -0.39 is 19.0 Å². The van der Waals surface area contributed by atoms with Crippen molar-refractivity contribution in [2.24, 2.45) is 28.0 Å². The number of amides is 4. The summed E-state index contributed by atoms with van der Waals surface area (Å²) in [5, 5.41) is 27.8. The van der Waals surface area contributed by atoms with Gasteiger partial charge in [0.25, 0.3) is 5.92 Å². The average molecular weight is 770 g/mol. The highest BCUT2D eigenvalue weighted by atomic mass is 19.3. The molecule has 0 atom stereocenters. The molecule has 308 valence electrons. The van der Waals surface area contributed by atoms with E-state index in [0.29, 0.717) is 38.5 Å². The predicted molar refractivity (Wildman–Crippen MR) is 206 cm³/mol. The molecule has 2 aromatic rings. The van der Waals surface area contributed by atoms with Gasteiger partial charge in [-0.3, -0.25) is 19.2 Å². The first-order chi connectivity index (χ1) is 24.5. The molecule has 1 fully saturated rings. The summed E-state index contributed by atoms with van der Waals surface area (Å²) >= 11 is 0. The van der Waals surface area contributed by atoms with Crippen LogP contribution in [0.15, 0.2) is 20.8 Å². The normalized spacial score (nSPS) is 13.4. The lowest BCUT2D eigenvalue weighted by Gasteiger charge is -2.39. The van der Waals surface area contributed by atoms with Gasteiger partial charge in [-0.15, -0.1) is 10.2 Å². The van der Waals surface area contributed by atoms with E-state index in [1.54, 1.807) is 26.3 Å². The molecule has 2 aromatic heterocycles. The van der Waals surface area contributed by atoms with E-state index in [4.69, 9.17) is 4.42 Å². The number of hydrogen-bond acceptors (Lipinski definition) is 11. The number of halogens is 2. The first-order valence-electron chi connectivity index (χ1n) is 17.7. The van der Waals surface area contributed by atoms with Gasteiger partial charge >= 0.3 is 0 Å². The van der Waals surface area contributed by atoms with Crippen LogP contribution in [0.3, 0.4) is 0 Å². The fraction of sp³-hybridized carbons (Fsp3) is 0.722. The van der Waals surface area contributed by atoms with Crippen LogP contribution in [-0.4, -0.2) is 104 Å². The summed E-state index contributed by atoms with van der Waals surface area (Å²) in [6, 6.07) is 0. The van der Waals surface area contributed by atoms with Crippen molar-refractivity contribution in [3.8, 4) is 0 Å². The molecule has 0 aromatic carbocycles. The van der Waals surface area contributed by atoms with Gasteiger partial charge in [-0.05, 0) is 5.21 Å². The monoisotopic (exact) mass is 770 g/mol. The Labute approximate surface area is 319 Å². The Morgan fingerprint density at radius 1 is 0.870 bits per heavy atom. The van der Waals surface area contributed by atoms with Crippen LogP contribution in [0.4, 0.5) is 8.78 Å². The number of oxazole rings is 1. The number of tetrazole rings is 1. The van der Waals surface area contributed by atoms with Crippen molar-refractivity contribution in [2.45, 2.75) is 122 Å². The zero-order valence-electron chi connectivity index (χ0n) is 32.0. The van der Waals surface area contributed by atoms with Crippen LogP contribution in [0.2, 0.25) is 0 Å². The lowest BCUT2D eigenvalue weighted by atomic mass is 10.1. The van der Waals surface area contributed by atoms with E-state index in [1.165, 1.54) is 16.6 Å². The van der Waals surface area contributed by atoms with Crippen molar-refractivity contribution in [3.63, 3.8) is 0 Å². The summed E-state index contributed by atoms with van der Waals surface area (Å²) in [6.45, 7) is 17.9. The number of carbonyl (C=O) groups is 4. The molecule has 0 bridgehead atoms. The highest BCUT2D eigenvalue weighted by molar-refractivity contribution is 5.98. The first kappa shape index (κ1) is 51.5. The van der Waals surface area contributed by atoms with Gasteiger partial charge in [-0.25, -0.2) is 13.8 Å². The lowest BCUT2D eigenvalue weighted by molar-refractivity contribution is -0.168. The Bertz CT molecular complexity index is 1450. The summed E-state index contributed by atoms with van der Waals surface area (Å²) < 4.78 is 29.8. The highest BCUT2D eigenvalue weighted by Gasteiger charge is 2.46. The quantitative estimate of drug-likeness (QED) is 0.251. The van der Waals surface area contributed by atoms with Crippen LogP contribution in [0.1, 0.15) is 107 Å². The summed E-state index contributed by atoms with van der Waals surface area (Å²) in [6.07, 6.45) is 7.42. The van der Waals surface area contributed by atoms with Crippen LogP contribution < -0.4 is 16.0 Å². The van der Waals surface area contributed by atoms with E-state index in [-0.39, 0.29) is 56.2 Å². The van der Waals surface area contributed by atoms with Crippen LogP contribution in [-0.2, 0) is 45.0 Å². The number of aryl methyl sites for hydroxylation is 2. The van der Waals surface area contributed by atoms with E-state index in [0.717, 1.165) is 43.0 Å². The van der Waals surface area contributed by atoms with Crippen molar-refractivity contribution in [3.05, 3.63) is 23.7 Å². The smallest absolute Gasteiger partial charge is 0.282 e. The fourth-order valence-electron chi connectivity index (χ4n) is 4.00. The van der Waals surface area contributed by atoms with Gasteiger partial charge in [0, 0.05) is 88.3 Å². The molecule has 0 spiro atoms. The first-order valence-corrected chi connectivity index (χ1v) is 17.7. The van der Waals surface area contributed by atoms with Gasteiger partial charge in [0.05, 0.1) is 25.8 Å². The second-order valence-corrected chi connectivity index (χ2v) is 13.0. The molecular formula is C36H65F2N11O5. The van der Waals surface area contributed by atoms with Gasteiger partial charge in [0.1, 0.15) is 5.76 Å². The molecule has 4 rings (SSSR count). The third-order valence-electron chi connectivity index (χ3n) is 7.10. The number of rotatable bonds is 14. The van der Waals surface area contributed by atoms with Gasteiger partial charge in [-0.2, -0.15) is 15.0 Å². The number of nitrogens with one attached hydrogen (secondary N) is 3. The number of carbonyl (C=O) groups excluding carboxylic acids is 4. The van der Waals surface area contributed by atoms with Gasteiger partial charge in [0.15, 0.2) is 11.7 Å². The topological polar surface area (TPSA) is 202 Å². The number of likely N-dealkylation sites (tertiary alicyclic amines) is 1. The van der Waals surface area contributed by atoms with Crippen molar-refractivity contribution < 1.29 is 32.4 Å². The maximum absolute atomic E-state index is 12.2. The Kier molecular flexibility index (Phi) is 25.8. The third-order valence-corrected chi connectivity index (χ3v) is 7.10. The SMILES string of the molecule is C.C.CC(C)C(=O)N1CC(F)(F)C1.CC(C)C(=O)NCCC1=NN=CC1.CCc1cnc(CCNC(C)=O)o1.CCc1nnn(CCNC(=O)C(C)C)n1. The Morgan fingerprint density at radius 2 is 1.46 bits per heavy atom. The minimum Gasteiger partial charge on any atom is -0.446 e. The van der Waals surface area contributed by atoms with Gasteiger partial charge < -0.3 is 25.3 Å². The molecule has 18 heteroatoms. The highest BCUT2D eigenvalue weighted by Crippen LogP contribution is 2.27. The minimum atomic E-state index is -2.63. The number of alkyl halides is 2. The maximum Gasteiger partial charge on any atom is 0.282 e. The molecule has 2 aliphatic heterocycles. The number of nitrogens with zero attached hydrogens (tertiary/aromatic N) is 8. The fourth-order valence-corrected chi connectivity index (χ4v) is 4.00. The van der Waals surface area contributed by atoms with Crippen molar-refractivity contribution in [1.82, 2.24) is 46.0 Å². The van der Waals surface area contributed by atoms with Crippen molar-refractivity contribution >= 4 is 35.6 Å². The van der Waals surface area contributed by atoms with Crippen LogP contribution in [0.25, 0.3) is 0 Å². The molecule has 3 N–H and O–H groups in total. The number of aromatic nitrogens is 5. The van der Waals surface area contributed by atoms with E-state index in [2.05, 4.69) is 46.5 Å². The second-order valence-electron chi connectivity index (χ2n) is 13.0. The van der Waals surface area contributed by atoms with Crippen molar-refractivity contribution in [2.75, 3.05) is 32.7 Å². The third kappa shape index (κ3) is 21.8. The lowest BCUT2D eigenvalue weighted by Crippen LogP contribution is -2.59. The Balaban J connectivity index is 0. The molecule has 1 saturated heterocycles. The molecular weight excluding hydrogens is 704 g/mol. The van der Waals surface area contributed by atoms with Crippen molar-refractivity contribution in [1.29, 1.82) is 0 Å². The molecule has 0 radical (unpaired) electrons. The molecule has 0 saturated carbocycles. The molecule has 0 aliphatic carbocycles. The summed E-state index contributed by atoms with van der Waals surface area (Å²) in [7, 11) is 0. The minimum absolute atomic E-state index is 0. The summed E-state index contributed by atoms with van der Waals surface area (Å²) in [5.74, 6) is -0.505. The standard InChI is InChI=1S/C9H17N5O.C9H15N3O.C9H14N2O2.C7H11F2NO.2CH4/c1-4-8-11-13-14(12-8)6-5-10-9(15)7(2)3;1-7(2)9(13)10-5-3-8-4-6-11-12-8;1-3-8-6-11-9(13-8)4-5-10-7(2)12;1-5(2)6(11)10-3-7(8,9)4-10;;/h7H,4-6H2,1-3H3,(H,10,15);6-7H,3-5H2,1-2H3,(H,10,13);6H,3-5H2,1-2H3,(H,10,12);5H,3-4H2,1-2H3;2*1H4. The molecule has 4 amide bonds. The Hall–Kier alpha value is -4.64. The molecule has 0 unspecified atom stereocenters. The van der Waals surface area contributed by atoms with E-state index in [9.17, 15) is 28.0 Å². The van der Waals surface area contributed by atoms with Crippen LogP contribution >= 0.6 is 0 Å². The molecule has 54 heavy (non-hydrogen) atoms. The van der Waals surface area contributed by atoms with Gasteiger partial charge in [0.2, 0.25) is 23.6 Å². The summed E-state index contributed by atoms with van der Waals surface area (Å²) in [5.41, 5.74) is 1.05. The molecule has 16 nitrogen and oxygen atoms in total. The largest absolute Gasteiger partial charge is 0.446 e. The van der Waals surface area contributed by atoms with E-state index in [1.807, 2.05) is 41.5 Å². The molecule has 4 heterocycles. The van der Waals surface area contributed by atoms with Gasteiger partial charge in [-0.1, -0.05) is 70.2 Å². The summed E-state index contributed by atoms with van der Waals surface area (Å²) in [4.78, 5) is 50.6. The zero-order chi connectivity index (χ0) is 39.3. The maximum atomic E-state index is 12.2. The second kappa shape index (κ2) is 27.0. The average Bonchev–Trinajstić information content (AvgIpc) is 3.87. The van der Waals surface area contributed by atoms with E-state index >= 15 is 0 Å².